The highest BCUT2D eigenvalue weighted by molar-refractivity contribution is 7.89. The number of rotatable bonds is 7. The molecule has 0 aromatic heterocycles. The van der Waals surface area contributed by atoms with E-state index in [-0.39, 0.29) is 18.2 Å². The van der Waals surface area contributed by atoms with Gasteiger partial charge in [-0.1, -0.05) is 60.7 Å². The molecule has 0 atom stereocenters. The fourth-order valence-electron chi connectivity index (χ4n) is 3.53. The van der Waals surface area contributed by atoms with Gasteiger partial charge in [-0.05, 0) is 11.1 Å². The van der Waals surface area contributed by atoms with Crippen molar-refractivity contribution in [2.75, 3.05) is 31.9 Å². The van der Waals surface area contributed by atoms with Gasteiger partial charge in [-0.3, -0.25) is 14.9 Å². The SMILES string of the molecule is O=C(CCS(=O)(=O)N1CCN(C(c2ccccc2)c2ccccc2)CC1)NO. The van der Waals surface area contributed by atoms with Crippen molar-refractivity contribution in [2.24, 2.45) is 0 Å². The van der Waals surface area contributed by atoms with Crippen LogP contribution < -0.4 is 5.48 Å². The van der Waals surface area contributed by atoms with Crippen LogP contribution in [0.1, 0.15) is 23.6 Å². The third-order valence-electron chi connectivity index (χ3n) is 4.97. The van der Waals surface area contributed by atoms with Crippen molar-refractivity contribution in [3.05, 3.63) is 71.8 Å². The van der Waals surface area contributed by atoms with Gasteiger partial charge in [0, 0.05) is 32.6 Å². The van der Waals surface area contributed by atoms with E-state index in [0.29, 0.717) is 26.2 Å². The minimum atomic E-state index is -3.53. The number of benzene rings is 2. The molecule has 0 spiro atoms. The molecular weight excluding hydrogens is 378 g/mol. The van der Waals surface area contributed by atoms with Crippen LogP contribution in [0.3, 0.4) is 0 Å². The van der Waals surface area contributed by atoms with E-state index in [2.05, 4.69) is 29.2 Å². The lowest BCUT2D eigenvalue weighted by molar-refractivity contribution is -0.128. The Balaban J connectivity index is 1.72. The van der Waals surface area contributed by atoms with Gasteiger partial charge in [0.05, 0.1) is 11.8 Å². The Bertz CT molecular complexity index is 827. The number of sulfonamides is 1. The molecule has 1 amide bonds. The monoisotopic (exact) mass is 403 g/mol. The summed E-state index contributed by atoms with van der Waals surface area (Å²) >= 11 is 0. The highest BCUT2D eigenvalue weighted by atomic mass is 32.2. The number of piperazine rings is 1. The molecule has 2 N–H and O–H groups in total. The number of nitrogens with one attached hydrogen (secondary N) is 1. The first-order valence-corrected chi connectivity index (χ1v) is 10.9. The third-order valence-corrected chi connectivity index (χ3v) is 6.85. The Kier molecular flexibility index (Phi) is 6.79. The highest BCUT2D eigenvalue weighted by Gasteiger charge is 2.31. The summed E-state index contributed by atoms with van der Waals surface area (Å²) in [7, 11) is -3.53. The van der Waals surface area contributed by atoms with Gasteiger partial charge in [0.15, 0.2) is 0 Å². The molecule has 0 saturated carbocycles. The molecule has 0 unspecified atom stereocenters. The molecule has 8 heteroatoms. The van der Waals surface area contributed by atoms with Gasteiger partial charge in [0.2, 0.25) is 15.9 Å². The standard InChI is InChI=1S/C20H25N3O4S/c24-19(21-25)11-16-28(26,27)23-14-12-22(13-15-23)20(17-7-3-1-4-8-17)18-9-5-2-6-10-18/h1-10,20,25H,11-16H2,(H,21,24). The van der Waals surface area contributed by atoms with E-state index < -0.39 is 15.9 Å². The number of hydrogen-bond donors (Lipinski definition) is 2. The Morgan fingerprint density at radius 3 is 1.89 bits per heavy atom. The second kappa shape index (κ2) is 9.29. The molecule has 1 saturated heterocycles. The fourth-order valence-corrected chi connectivity index (χ4v) is 4.95. The molecule has 0 radical (unpaired) electrons. The number of hydrogen-bond acceptors (Lipinski definition) is 5. The second-order valence-electron chi connectivity index (χ2n) is 6.76. The summed E-state index contributed by atoms with van der Waals surface area (Å²) in [5.41, 5.74) is 3.81. The second-order valence-corrected chi connectivity index (χ2v) is 8.85. The molecule has 2 aromatic carbocycles. The van der Waals surface area contributed by atoms with Crippen LogP contribution in [0.15, 0.2) is 60.7 Å². The minimum absolute atomic E-state index is 0.0624. The predicted molar refractivity (Wildman–Crippen MR) is 106 cm³/mol. The Morgan fingerprint density at radius 1 is 0.929 bits per heavy atom. The quantitative estimate of drug-likeness (QED) is 0.542. The van der Waals surface area contributed by atoms with Crippen molar-refractivity contribution in [1.82, 2.24) is 14.7 Å². The van der Waals surface area contributed by atoms with Gasteiger partial charge in [-0.15, -0.1) is 0 Å². The molecule has 3 rings (SSSR count). The lowest BCUT2D eigenvalue weighted by Gasteiger charge is -2.39. The smallest absolute Gasteiger partial charge is 0.244 e. The first kappa shape index (κ1) is 20.5. The average molecular weight is 404 g/mol. The van der Waals surface area contributed by atoms with Gasteiger partial charge < -0.3 is 0 Å². The fraction of sp³-hybridized carbons (Fsp3) is 0.350. The highest BCUT2D eigenvalue weighted by Crippen LogP contribution is 2.29. The van der Waals surface area contributed by atoms with Crippen LogP contribution in [-0.4, -0.2) is 60.7 Å². The van der Waals surface area contributed by atoms with Crippen molar-refractivity contribution in [3.8, 4) is 0 Å². The Morgan fingerprint density at radius 2 is 1.43 bits per heavy atom. The van der Waals surface area contributed by atoms with E-state index >= 15 is 0 Å². The van der Waals surface area contributed by atoms with Crippen LogP contribution >= 0.6 is 0 Å². The van der Waals surface area contributed by atoms with E-state index in [9.17, 15) is 13.2 Å². The number of nitrogens with zero attached hydrogens (tertiary/aromatic N) is 2. The van der Waals surface area contributed by atoms with Gasteiger partial charge in [0.1, 0.15) is 0 Å². The molecule has 1 aliphatic heterocycles. The number of carbonyl (C=O) groups is 1. The number of carbonyl (C=O) groups excluding carboxylic acids is 1. The maximum atomic E-state index is 12.5. The number of hydroxylamine groups is 1. The van der Waals surface area contributed by atoms with Crippen LogP contribution in [0.5, 0.6) is 0 Å². The summed E-state index contributed by atoms with van der Waals surface area (Å²) in [5, 5.41) is 8.54. The molecule has 1 heterocycles. The van der Waals surface area contributed by atoms with Gasteiger partial charge >= 0.3 is 0 Å². The molecule has 0 aliphatic carbocycles. The Labute approximate surface area is 165 Å². The predicted octanol–water partition coefficient (Wildman–Crippen LogP) is 1.62. The molecule has 150 valence electrons. The van der Waals surface area contributed by atoms with Crippen LogP contribution in [0.25, 0.3) is 0 Å². The van der Waals surface area contributed by atoms with Crippen molar-refractivity contribution >= 4 is 15.9 Å². The summed E-state index contributed by atoms with van der Waals surface area (Å²) in [6.45, 7) is 1.94. The zero-order valence-electron chi connectivity index (χ0n) is 15.6. The molecule has 1 fully saturated rings. The molecule has 28 heavy (non-hydrogen) atoms. The van der Waals surface area contributed by atoms with Crippen LogP contribution in [0.2, 0.25) is 0 Å². The van der Waals surface area contributed by atoms with E-state index in [1.165, 1.54) is 20.9 Å². The first-order valence-electron chi connectivity index (χ1n) is 9.26. The number of amides is 1. The van der Waals surface area contributed by atoms with E-state index in [1.807, 2.05) is 36.4 Å². The van der Waals surface area contributed by atoms with Crippen LogP contribution in [-0.2, 0) is 14.8 Å². The maximum absolute atomic E-state index is 12.5. The lowest BCUT2D eigenvalue weighted by Crippen LogP contribution is -2.50. The maximum Gasteiger partial charge on any atom is 0.244 e. The topological polar surface area (TPSA) is 90.0 Å². The van der Waals surface area contributed by atoms with Gasteiger partial charge in [-0.25, -0.2) is 13.9 Å². The summed E-state index contributed by atoms with van der Waals surface area (Å²) < 4.78 is 26.4. The Hall–Kier alpha value is -2.26. The normalized spacial score (nSPS) is 16.2. The molecule has 2 aromatic rings. The lowest BCUT2D eigenvalue weighted by atomic mass is 9.96. The molecular formula is C20H25N3O4S. The average Bonchev–Trinajstić information content (AvgIpc) is 2.74. The summed E-state index contributed by atoms with van der Waals surface area (Å²) in [6, 6.07) is 20.4. The molecule has 1 aliphatic rings. The van der Waals surface area contributed by atoms with E-state index in [4.69, 9.17) is 5.21 Å². The van der Waals surface area contributed by atoms with Gasteiger partial charge in [0.25, 0.3) is 0 Å². The third kappa shape index (κ3) is 4.96. The molecule has 7 nitrogen and oxygen atoms in total. The zero-order valence-corrected chi connectivity index (χ0v) is 16.4. The van der Waals surface area contributed by atoms with Gasteiger partial charge in [-0.2, -0.15) is 4.31 Å². The van der Waals surface area contributed by atoms with E-state index in [0.717, 1.165) is 0 Å². The van der Waals surface area contributed by atoms with Crippen molar-refractivity contribution in [2.45, 2.75) is 12.5 Å². The zero-order chi connectivity index (χ0) is 20.0. The van der Waals surface area contributed by atoms with Crippen molar-refractivity contribution in [1.29, 1.82) is 0 Å². The minimum Gasteiger partial charge on any atom is -0.290 e. The largest absolute Gasteiger partial charge is 0.290 e. The summed E-state index contributed by atoms with van der Waals surface area (Å²) in [6.07, 6.45) is -0.254. The first-order chi connectivity index (χ1) is 13.5. The van der Waals surface area contributed by atoms with E-state index in [1.54, 1.807) is 0 Å². The van der Waals surface area contributed by atoms with Crippen LogP contribution in [0, 0.1) is 0 Å². The van der Waals surface area contributed by atoms with Crippen molar-refractivity contribution in [3.63, 3.8) is 0 Å². The summed E-state index contributed by atoms with van der Waals surface area (Å²) in [4.78, 5) is 13.4. The van der Waals surface area contributed by atoms with Crippen molar-refractivity contribution < 1.29 is 18.4 Å². The summed E-state index contributed by atoms with van der Waals surface area (Å²) in [5.74, 6) is -1.00. The van der Waals surface area contributed by atoms with Crippen LogP contribution in [0.4, 0.5) is 0 Å². The molecule has 0 bridgehead atoms.